The lowest BCUT2D eigenvalue weighted by Crippen LogP contribution is -2.14. The Kier molecular flexibility index (Phi) is 5.31. The monoisotopic (exact) mass is 334 g/mol. The molecular weight excluding hydrogens is 312 g/mol. The van der Waals surface area contributed by atoms with Crippen molar-refractivity contribution in [2.75, 3.05) is 19.0 Å². The molecule has 3 rings (SSSR count). The molecule has 0 aliphatic carbocycles. The van der Waals surface area contributed by atoms with Crippen LogP contribution in [0.15, 0.2) is 67.0 Å². The van der Waals surface area contributed by atoms with E-state index in [1.807, 2.05) is 60.8 Å². The fourth-order valence-electron chi connectivity index (χ4n) is 2.87. The van der Waals surface area contributed by atoms with E-state index in [9.17, 15) is 5.11 Å². The highest BCUT2D eigenvalue weighted by molar-refractivity contribution is 5.70. The van der Waals surface area contributed by atoms with Gasteiger partial charge in [0.05, 0.1) is 25.4 Å². The lowest BCUT2D eigenvalue weighted by molar-refractivity contribution is 0.276. The molecule has 0 spiro atoms. The summed E-state index contributed by atoms with van der Waals surface area (Å²) in [5, 5.41) is 13.1. The second-order valence-corrected chi connectivity index (χ2v) is 5.93. The van der Waals surface area contributed by atoms with Gasteiger partial charge in [-0.15, -0.1) is 0 Å². The Balaban J connectivity index is 1.86. The summed E-state index contributed by atoms with van der Waals surface area (Å²) in [7, 11) is 1.67. The molecule has 0 amide bonds. The third kappa shape index (κ3) is 3.98. The van der Waals surface area contributed by atoms with Crippen LogP contribution in [0.25, 0.3) is 11.1 Å². The van der Waals surface area contributed by atoms with Crippen LogP contribution >= 0.6 is 0 Å². The van der Waals surface area contributed by atoms with Gasteiger partial charge in [0.1, 0.15) is 5.75 Å². The van der Waals surface area contributed by atoms with Gasteiger partial charge in [0.15, 0.2) is 0 Å². The predicted molar refractivity (Wildman–Crippen MR) is 101 cm³/mol. The molecule has 128 valence electrons. The topological polar surface area (TPSA) is 54.4 Å². The molecule has 0 saturated heterocycles. The smallest absolute Gasteiger partial charge is 0.119 e. The van der Waals surface area contributed by atoms with E-state index in [1.165, 1.54) is 0 Å². The predicted octanol–water partition coefficient (Wildman–Crippen LogP) is 4.21. The molecule has 4 heteroatoms. The van der Waals surface area contributed by atoms with E-state index < -0.39 is 0 Å². The minimum absolute atomic E-state index is 0.00973. The van der Waals surface area contributed by atoms with Gasteiger partial charge in [-0.3, -0.25) is 4.98 Å². The van der Waals surface area contributed by atoms with Crippen molar-refractivity contribution in [3.63, 3.8) is 0 Å². The van der Waals surface area contributed by atoms with Crippen molar-refractivity contribution >= 4 is 5.69 Å². The number of hydrogen-bond donors (Lipinski definition) is 2. The van der Waals surface area contributed by atoms with Crippen molar-refractivity contribution in [2.24, 2.45) is 0 Å². The van der Waals surface area contributed by atoms with Crippen molar-refractivity contribution in [1.82, 2.24) is 4.98 Å². The molecule has 1 aromatic heterocycles. The Bertz CT molecular complexity index is 834. The SMILES string of the molecule is COc1ccc(-c2cncc(N[C@@H](CO)c3ccccc3)c2)c(C)c1. The van der Waals surface area contributed by atoms with Gasteiger partial charge in [0.25, 0.3) is 0 Å². The summed E-state index contributed by atoms with van der Waals surface area (Å²) in [4.78, 5) is 4.35. The minimum atomic E-state index is -0.171. The van der Waals surface area contributed by atoms with E-state index >= 15 is 0 Å². The number of anilines is 1. The molecule has 25 heavy (non-hydrogen) atoms. The summed E-state index contributed by atoms with van der Waals surface area (Å²) in [5.74, 6) is 0.841. The van der Waals surface area contributed by atoms with Crippen LogP contribution in [0.2, 0.25) is 0 Å². The number of aromatic nitrogens is 1. The first-order valence-electron chi connectivity index (χ1n) is 8.23. The summed E-state index contributed by atoms with van der Waals surface area (Å²) in [5.41, 5.74) is 5.17. The number of aliphatic hydroxyl groups excluding tert-OH is 1. The molecule has 4 nitrogen and oxygen atoms in total. The number of nitrogens with one attached hydrogen (secondary N) is 1. The highest BCUT2D eigenvalue weighted by atomic mass is 16.5. The lowest BCUT2D eigenvalue weighted by Gasteiger charge is -2.18. The van der Waals surface area contributed by atoms with E-state index in [0.717, 1.165) is 33.7 Å². The summed E-state index contributed by atoms with van der Waals surface area (Å²) in [6.07, 6.45) is 3.62. The van der Waals surface area contributed by atoms with Crippen molar-refractivity contribution in [3.8, 4) is 16.9 Å². The van der Waals surface area contributed by atoms with Crippen molar-refractivity contribution in [3.05, 3.63) is 78.1 Å². The Morgan fingerprint density at radius 3 is 2.56 bits per heavy atom. The Labute approximate surface area is 148 Å². The zero-order chi connectivity index (χ0) is 17.6. The number of benzene rings is 2. The van der Waals surface area contributed by atoms with Crippen LogP contribution in [0.5, 0.6) is 5.75 Å². The largest absolute Gasteiger partial charge is 0.497 e. The molecular formula is C21H22N2O2. The van der Waals surface area contributed by atoms with Crippen molar-refractivity contribution < 1.29 is 9.84 Å². The maximum absolute atomic E-state index is 9.73. The maximum Gasteiger partial charge on any atom is 0.119 e. The van der Waals surface area contributed by atoms with Crippen LogP contribution in [0.4, 0.5) is 5.69 Å². The van der Waals surface area contributed by atoms with Gasteiger partial charge in [-0.05, 0) is 41.8 Å². The van der Waals surface area contributed by atoms with Crippen LogP contribution < -0.4 is 10.1 Å². The number of nitrogens with zero attached hydrogens (tertiary/aromatic N) is 1. The quantitative estimate of drug-likeness (QED) is 0.709. The third-order valence-corrected chi connectivity index (χ3v) is 4.21. The molecule has 0 unspecified atom stereocenters. The van der Waals surface area contributed by atoms with E-state index in [0.29, 0.717) is 0 Å². The Morgan fingerprint density at radius 2 is 1.88 bits per heavy atom. The third-order valence-electron chi connectivity index (χ3n) is 4.21. The number of methoxy groups -OCH3 is 1. The average Bonchev–Trinajstić information content (AvgIpc) is 2.67. The fraction of sp³-hybridized carbons (Fsp3) is 0.190. The van der Waals surface area contributed by atoms with Gasteiger partial charge < -0.3 is 15.2 Å². The molecule has 2 aromatic carbocycles. The van der Waals surface area contributed by atoms with Crippen LogP contribution in [0.3, 0.4) is 0 Å². The average molecular weight is 334 g/mol. The number of aliphatic hydroxyl groups is 1. The van der Waals surface area contributed by atoms with Gasteiger partial charge in [-0.25, -0.2) is 0 Å². The molecule has 0 fully saturated rings. The van der Waals surface area contributed by atoms with Crippen LogP contribution in [0.1, 0.15) is 17.2 Å². The molecule has 0 aliphatic heterocycles. The van der Waals surface area contributed by atoms with Gasteiger partial charge in [-0.1, -0.05) is 36.4 Å². The van der Waals surface area contributed by atoms with E-state index in [1.54, 1.807) is 13.3 Å². The summed E-state index contributed by atoms with van der Waals surface area (Å²) in [6, 6.07) is 17.8. The highest BCUT2D eigenvalue weighted by Crippen LogP contribution is 2.29. The van der Waals surface area contributed by atoms with Gasteiger partial charge in [0, 0.05) is 18.0 Å². The first-order chi connectivity index (χ1) is 12.2. The molecule has 0 aliphatic rings. The summed E-state index contributed by atoms with van der Waals surface area (Å²) >= 11 is 0. The number of hydrogen-bond acceptors (Lipinski definition) is 4. The molecule has 0 bridgehead atoms. The number of ether oxygens (including phenoxy) is 1. The lowest BCUT2D eigenvalue weighted by atomic mass is 10.0. The minimum Gasteiger partial charge on any atom is -0.497 e. The molecule has 0 radical (unpaired) electrons. The van der Waals surface area contributed by atoms with Gasteiger partial charge in [0.2, 0.25) is 0 Å². The molecule has 2 N–H and O–H groups in total. The maximum atomic E-state index is 9.73. The number of aryl methyl sites for hydroxylation is 1. The second kappa shape index (κ2) is 7.81. The molecule has 1 atom stereocenters. The normalized spacial score (nSPS) is 11.8. The highest BCUT2D eigenvalue weighted by Gasteiger charge is 2.11. The van der Waals surface area contributed by atoms with Crippen molar-refractivity contribution in [2.45, 2.75) is 13.0 Å². The molecule has 3 aromatic rings. The van der Waals surface area contributed by atoms with E-state index in [2.05, 4.69) is 17.2 Å². The van der Waals surface area contributed by atoms with E-state index in [-0.39, 0.29) is 12.6 Å². The Morgan fingerprint density at radius 1 is 1.08 bits per heavy atom. The molecule has 1 heterocycles. The van der Waals surface area contributed by atoms with Crippen LogP contribution in [0, 0.1) is 6.92 Å². The van der Waals surface area contributed by atoms with Crippen LogP contribution in [-0.2, 0) is 0 Å². The second-order valence-electron chi connectivity index (χ2n) is 5.93. The zero-order valence-corrected chi connectivity index (χ0v) is 14.4. The van der Waals surface area contributed by atoms with Gasteiger partial charge >= 0.3 is 0 Å². The summed E-state index contributed by atoms with van der Waals surface area (Å²) < 4.78 is 5.27. The Hall–Kier alpha value is -2.85. The fourth-order valence-corrected chi connectivity index (χ4v) is 2.87. The molecule has 0 saturated carbocycles. The first kappa shape index (κ1) is 17.0. The number of rotatable bonds is 6. The van der Waals surface area contributed by atoms with Gasteiger partial charge in [-0.2, -0.15) is 0 Å². The van der Waals surface area contributed by atoms with Crippen molar-refractivity contribution in [1.29, 1.82) is 0 Å². The van der Waals surface area contributed by atoms with E-state index in [4.69, 9.17) is 4.74 Å². The van der Waals surface area contributed by atoms with Crippen LogP contribution in [-0.4, -0.2) is 23.8 Å². The summed E-state index contributed by atoms with van der Waals surface area (Å²) in [6.45, 7) is 2.06. The zero-order valence-electron chi connectivity index (χ0n) is 14.4. The first-order valence-corrected chi connectivity index (χ1v) is 8.23. The number of pyridine rings is 1. The standard InChI is InChI=1S/C21H22N2O2/c1-15-10-19(25-2)8-9-20(15)17-11-18(13-22-12-17)23-21(14-24)16-6-4-3-5-7-16/h3-13,21,23-24H,14H2,1-2H3/t21-/m0/s1.